The molecule has 0 bridgehead atoms. The number of nitrogens with zero attached hydrogens (tertiary/aromatic N) is 3. The molecule has 0 radical (unpaired) electrons. The third-order valence-corrected chi connectivity index (χ3v) is 13.3. The molecule has 4 nitrogen and oxygen atoms in total. The minimum Gasteiger partial charge on any atom is -0.455 e. The number of hydrogen-bond donors (Lipinski definition) is 0. The molecule has 0 saturated heterocycles. The summed E-state index contributed by atoms with van der Waals surface area (Å²) in [6.45, 7) is 0. The Morgan fingerprint density at radius 2 is 1.34 bits per heavy atom. The van der Waals surface area contributed by atoms with Crippen molar-refractivity contribution in [1.82, 2.24) is 14.5 Å². The molecule has 58 heavy (non-hydrogen) atoms. The fourth-order valence-electron chi connectivity index (χ4n) is 8.46. The van der Waals surface area contributed by atoms with Crippen LogP contribution in [0.4, 0.5) is 0 Å². The molecule has 0 aliphatic heterocycles. The van der Waals surface area contributed by atoms with E-state index in [0.29, 0.717) is 10.2 Å². The molecular weight excluding hydrogens is 747 g/mol. The molecule has 0 unspecified atom stereocenters. The molecule has 0 atom stereocenters. The third-order valence-electron chi connectivity index (χ3n) is 11.0. The van der Waals surface area contributed by atoms with Crippen LogP contribution in [0.2, 0.25) is 0 Å². The molecule has 13 rings (SSSR count). The lowest BCUT2D eigenvalue weighted by Gasteiger charge is -2.07. The Morgan fingerprint density at radius 1 is 0.517 bits per heavy atom. The van der Waals surface area contributed by atoms with E-state index < -0.39 is 24.2 Å². The summed E-state index contributed by atoms with van der Waals surface area (Å²) in [5, 5.41) is 5.04. The highest BCUT2D eigenvalue weighted by atomic mass is 32.1. The van der Waals surface area contributed by atoms with Gasteiger partial charge in [0.05, 0.1) is 46.0 Å². The minimum atomic E-state index is -0.512. The van der Waals surface area contributed by atoms with Crippen LogP contribution in [0.15, 0.2) is 180 Å². The number of furan rings is 1. The average Bonchev–Trinajstić information content (AvgIpc) is 4.12. The molecule has 0 aliphatic carbocycles. The van der Waals surface area contributed by atoms with Gasteiger partial charge in [0.2, 0.25) is 0 Å². The second kappa shape index (κ2) is 12.2. The van der Waals surface area contributed by atoms with Crippen molar-refractivity contribution in [3.63, 3.8) is 0 Å². The topological polar surface area (TPSA) is 43.9 Å². The molecule has 270 valence electrons. The van der Waals surface area contributed by atoms with E-state index in [9.17, 15) is 1.37 Å². The molecule has 5 aromatic heterocycles. The number of benzene rings is 8. The Bertz CT molecular complexity index is 4410. The Hall–Kier alpha value is -7.12. The number of fused-ring (bicyclic) bond motifs is 13. The second-order valence-corrected chi connectivity index (χ2v) is 16.2. The first-order valence-electron chi connectivity index (χ1n) is 23.6. The van der Waals surface area contributed by atoms with E-state index in [1.807, 2.05) is 42.5 Å². The van der Waals surface area contributed by atoms with Gasteiger partial charge in [-0.15, -0.1) is 22.7 Å². The van der Waals surface area contributed by atoms with Crippen LogP contribution in [0.3, 0.4) is 0 Å². The van der Waals surface area contributed by atoms with Crippen molar-refractivity contribution in [1.29, 1.82) is 0 Å². The molecule has 0 aliphatic rings. The predicted molar refractivity (Wildman–Crippen MR) is 246 cm³/mol. The maximum Gasteiger partial charge on any atom is 0.145 e. The Balaban J connectivity index is 0.993. The van der Waals surface area contributed by atoms with Crippen LogP contribution < -0.4 is 0 Å². The zero-order valence-electron chi connectivity index (χ0n) is 40.0. The predicted octanol–water partition coefficient (Wildman–Crippen LogP) is 15.2. The van der Waals surface area contributed by atoms with Gasteiger partial charge < -0.3 is 8.98 Å². The smallest absolute Gasteiger partial charge is 0.145 e. The van der Waals surface area contributed by atoms with Crippen molar-refractivity contribution in [2.45, 2.75) is 0 Å². The first-order chi connectivity index (χ1) is 32.9. The zero-order chi connectivity index (χ0) is 46.6. The maximum absolute atomic E-state index is 9.68. The largest absolute Gasteiger partial charge is 0.455 e. The van der Waals surface area contributed by atoms with E-state index in [4.69, 9.17) is 21.7 Å². The molecule has 0 saturated carbocycles. The SMILES string of the molecule is [2H]c1cc([2H])c(-c2c([2H])c([2H])c([2H])c3c2sc2c([2H])c([2H])c([2H])c([2H])c23)c([2H])c1-c1ncnc2c1sc1ccc(-c3cccc4c3oc3c4ccc4c3c3ccccc3n4-c3ccccc3)cc12. The van der Waals surface area contributed by atoms with Crippen LogP contribution >= 0.6 is 22.7 Å². The molecule has 0 fully saturated rings. The third kappa shape index (κ3) is 4.55. The van der Waals surface area contributed by atoms with Crippen molar-refractivity contribution in [3.8, 4) is 39.2 Å². The average molecular weight is 786 g/mol. The highest BCUT2D eigenvalue weighted by Gasteiger charge is 2.21. The van der Waals surface area contributed by atoms with E-state index in [0.717, 1.165) is 82.0 Å². The number of para-hydroxylation sites is 3. The van der Waals surface area contributed by atoms with Gasteiger partial charge in [-0.3, -0.25) is 0 Å². The molecule has 0 amide bonds. The standard InChI is InChI=1S/C52H29N3OS2/c1-2-13-33(14-3-1)55-42-21-6-4-16-40(42)46-43(55)25-24-38-37-19-9-17-34(49(37)56-50(38)46)31-23-26-45-41(28-31)48-52(58-45)47(53-29-54-48)32-12-8-11-30(27-32)35-18-10-20-39-36-15-5-7-22-44(36)57-51(35)39/h1-29H/i5D,7D,10D,11D,12D,15D,18D,20D,22D,27D. The fourth-order valence-corrected chi connectivity index (χ4v) is 10.7. The minimum absolute atomic E-state index is 0.0240. The van der Waals surface area contributed by atoms with Crippen LogP contribution in [0.5, 0.6) is 0 Å². The first-order valence-corrected chi connectivity index (χ1v) is 20.2. The lowest BCUT2D eigenvalue weighted by atomic mass is 9.99. The van der Waals surface area contributed by atoms with Gasteiger partial charge in [-0.2, -0.15) is 0 Å². The highest BCUT2D eigenvalue weighted by molar-refractivity contribution is 7.26. The number of rotatable bonds is 4. The van der Waals surface area contributed by atoms with Crippen LogP contribution in [0, 0.1) is 0 Å². The van der Waals surface area contributed by atoms with Crippen molar-refractivity contribution in [2.75, 3.05) is 0 Å². The molecule has 5 heterocycles. The lowest BCUT2D eigenvalue weighted by Crippen LogP contribution is -1.92. The Kier molecular flexibility index (Phi) is 5.01. The van der Waals surface area contributed by atoms with Gasteiger partial charge in [-0.05, 0) is 71.2 Å². The van der Waals surface area contributed by atoms with Gasteiger partial charge >= 0.3 is 0 Å². The quantitative estimate of drug-likeness (QED) is 0.178. The van der Waals surface area contributed by atoms with Gasteiger partial charge in [-0.25, -0.2) is 9.97 Å². The van der Waals surface area contributed by atoms with Gasteiger partial charge in [0.1, 0.15) is 17.5 Å². The van der Waals surface area contributed by atoms with E-state index in [1.54, 1.807) is 0 Å². The highest BCUT2D eigenvalue weighted by Crippen LogP contribution is 2.46. The second-order valence-electron chi connectivity index (χ2n) is 14.1. The van der Waals surface area contributed by atoms with Crippen LogP contribution in [0.1, 0.15) is 13.7 Å². The molecule has 6 heteroatoms. The number of hydrogen-bond acceptors (Lipinski definition) is 5. The van der Waals surface area contributed by atoms with Crippen molar-refractivity contribution in [2.24, 2.45) is 0 Å². The summed E-state index contributed by atoms with van der Waals surface area (Å²) in [4.78, 5) is 9.38. The number of aromatic nitrogens is 3. The maximum atomic E-state index is 9.68. The fraction of sp³-hybridized carbons (Fsp3) is 0. The van der Waals surface area contributed by atoms with Gasteiger partial charge in [-0.1, -0.05) is 115 Å². The first kappa shape index (κ1) is 23.8. The molecule has 13 aromatic rings. The van der Waals surface area contributed by atoms with Gasteiger partial charge in [0.25, 0.3) is 0 Å². The lowest BCUT2D eigenvalue weighted by molar-refractivity contribution is 0.674. The van der Waals surface area contributed by atoms with E-state index in [2.05, 4.69) is 70.2 Å². The molecule has 0 N–H and O–H groups in total. The summed E-state index contributed by atoms with van der Waals surface area (Å²) in [5.74, 6) is 0. The Morgan fingerprint density at radius 3 is 2.31 bits per heavy atom. The number of thiophene rings is 2. The summed E-state index contributed by atoms with van der Waals surface area (Å²) < 4.78 is 99.7. The summed E-state index contributed by atoms with van der Waals surface area (Å²) in [5.41, 5.74) is 7.40. The molecule has 8 aromatic carbocycles. The zero-order valence-corrected chi connectivity index (χ0v) is 31.7. The molecular formula is C52H29N3OS2. The Labute approximate surface area is 353 Å². The van der Waals surface area contributed by atoms with Crippen molar-refractivity contribution in [3.05, 3.63) is 176 Å². The van der Waals surface area contributed by atoms with Gasteiger partial charge in [0, 0.05) is 63.2 Å². The van der Waals surface area contributed by atoms with E-state index in [1.165, 1.54) is 23.7 Å². The summed E-state index contributed by atoms with van der Waals surface area (Å²) in [6, 6.07) is 32.9. The normalized spacial score (nSPS) is 14.6. The monoisotopic (exact) mass is 785 g/mol. The summed E-state index contributed by atoms with van der Waals surface area (Å²) in [7, 11) is 0. The van der Waals surface area contributed by atoms with Crippen LogP contribution in [0.25, 0.3) is 123 Å². The van der Waals surface area contributed by atoms with Crippen molar-refractivity contribution < 1.29 is 18.1 Å². The summed E-state index contributed by atoms with van der Waals surface area (Å²) >= 11 is 2.34. The van der Waals surface area contributed by atoms with E-state index in [-0.39, 0.29) is 78.8 Å². The van der Waals surface area contributed by atoms with Gasteiger partial charge in [0.15, 0.2) is 0 Å². The molecule has 0 spiro atoms. The van der Waals surface area contributed by atoms with Crippen molar-refractivity contribution >= 4 is 107 Å². The van der Waals surface area contributed by atoms with E-state index >= 15 is 0 Å². The summed E-state index contributed by atoms with van der Waals surface area (Å²) in [6.07, 6.45) is 1.39. The van der Waals surface area contributed by atoms with Crippen LogP contribution in [-0.4, -0.2) is 14.5 Å². The van der Waals surface area contributed by atoms with Crippen LogP contribution in [-0.2, 0) is 0 Å².